The predicted molar refractivity (Wildman–Crippen MR) is 65.9 cm³/mol. The lowest BCUT2D eigenvalue weighted by molar-refractivity contribution is -0.118. The SMILES string of the molecule is O=CC1COC(c2cc(F)ccc2F)[C@@H](NP)C1. The average Bonchev–Trinajstić information content (AvgIpc) is 2.41. The summed E-state index contributed by atoms with van der Waals surface area (Å²) in [5.41, 5.74) is 0.180. The number of benzene rings is 1. The summed E-state index contributed by atoms with van der Waals surface area (Å²) in [4.78, 5) is 10.7. The molecule has 1 aromatic rings. The zero-order valence-corrected chi connectivity index (χ0v) is 10.8. The summed E-state index contributed by atoms with van der Waals surface area (Å²) in [6, 6.07) is 3.05. The Labute approximate surface area is 106 Å². The lowest BCUT2D eigenvalue weighted by atomic mass is 9.91. The van der Waals surface area contributed by atoms with Crippen LogP contribution in [0, 0.1) is 17.6 Å². The second-order valence-electron chi connectivity index (χ2n) is 4.32. The molecule has 1 aliphatic heterocycles. The van der Waals surface area contributed by atoms with Crippen LogP contribution in [-0.4, -0.2) is 18.9 Å². The number of halogens is 2. The lowest BCUT2D eigenvalue weighted by Gasteiger charge is -2.34. The van der Waals surface area contributed by atoms with Gasteiger partial charge in [0.15, 0.2) is 0 Å². The van der Waals surface area contributed by atoms with Crippen molar-refractivity contribution in [3.05, 3.63) is 35.4 Å². The smallest absolute Gasteiger partial charge is 0.129 e. The summed E-state index contributed by atoms with van der Waals surface area (Å²) in [7, 11) is 2.32. The molecule has 6 heteroatoms. The van der Waals surface area contributed by atoms with Gasteiger partial charge in [-0.25, -0.2) is 8.78 Å². The number of hydrogen-bond acceptors (Lipinski definition) is 3. The first-order valence-electron chi connectivity index (χ1n) is 5.63. The summed E-state index contributed by atoms with van der Waals surface area (Å²) in [5.74, 6) is -1.22. The van der Waals surface area contributed by atoms with E-state index in [1.54, 1.807) is 0 Å². The van der Waals surface area contributed by atoms with Crippen molar-refractivity contribution in [2.24, 2.45) is 5.92 Å². The standard InChI is InChI=1S/C12H14F2NO2P/c13-8-1-2-10(14)9(4-8)12-11(15-18)3-7(5-16)6-17-12/h1-2,4-5,7,11-12,15H,3,6,18H2/t7?,11-,12?/m0/s1. The van der Waals surface area contributed by atoms with Crippen molar-refractivity contribution in [1.29, 1.82) is 0 Å². The first-order chi connectivity index (χ1) is 8.65. The largest absolute Gasteiger partial charge is 0.371 e. The van der Waals surface area contributed by atoms with Crippen molar-refractivity contribution in [3.8, 4) is 0 Å². The molecule has 1 heterocycles. The molecule has 0 bridgehead atoms. The first-order valence-corrected chi connectivity index (χ1v) is 6.21. The fourth-order valence-electron chi connectivity index (χ4n) is 2.15. The highest BCUT2D eigenvalue weighted by atomic mass is 31.0. The maximum atomic E-state index is 13.7. The van der Waals surface area contributed by atoms with Crippen molar-refractivity contribution in [3.63, 3.8) is 0 Å². The van der Waals surface area contributed by atoms with Gasteiger partial charge in [0, 0.05) is 17.5 Å². The second-order valence-corrected chi connectivity index (χ2v) is 4.66. The maximum Gasteiger partial charge on any atom is 0.129 e. The summed E-state index contributed by atoms with van der Waals surface area (Å²) in [6.45, 7) is 0.229. The Balaban J connectivity index is 2.26. The summed E-state index contributed by atoms with van der Waals surface area (Å²) < 4.78 is 32.4. The van der Waals surface area contributed by atoms with E-state index in [9.17, 15) is 13.6 Å². The van der Waals surface area contributed by atoms with Crippen LogP contribution in [0.1, 0.15) is 18.1 Å². The third-order valence-electron chi connectivity index (χ3n) is 3.08. The van der Waals surface area contributed by atoms with Gasteiger partial charge in [0.1, 0.15) is 24.0 Å². The van der Waals surface area contributed by atoms with Crippen molar-refractivity contribution < 1.29 is 18.3 Å². The molecule has 1 saturated heterocycles. The van der Waals surface area contributed by atoms with Gasteiger partial charge < -0.3 is 9.53 Å². The van der Waals surface area contributed by atoms with Crippen LogP contribution in [0.2, 0.25) is 0 Å². The van der Waals surface area contributed by atoms with E-state index in [1.165, 1.54) is 0 Å². The van der Waals surface area contributed by atoms with Crippen molar-refractivity contribution >= 4 is 15.7 Å². The lowest BCUT2D eigenvalue weighted by Crippen LogP contribution is -2.39. The molecular weight excluding hydrogens is 259 g/mol. The molecule has 1 fully saturated rings. The molecule has 0 saturated carbocycles. The van der Waals surface area contributed by atoms with Crippen LogP contribution in [0.25, 0.3) is 0 Å². The van der Waals surface area contributed by atoms with Crippen LogP contribution in [0.15, 0.2) is 18.2 Å². The highest BCUT2D eigenvalue weighted by molar-refractivity contribution is 7.13. The average molecular weight is 273 g/mol. The number of carbonyl (C=O) groups excluding carboxylic acids is 1. The number of rotatable bonds is 3. The molecule has 4 atom stereocenters. The normalized spacial score (nSPS) is 28.1. The Morgan fingerprint density at radius 3 is 2.89 bits per heavy atom. The highest BCUT2D eigenvalue weighted by Crippen LogP contribution is 2.32. The van der Waals surface area contributed by atoms with E-state index in [4.69, 9.17) is 4.74 Å². The number of nitrogens with one attached hydrogen (secondary N) is 1. The molecule has 3 unspecified atom stereocenters. The molecular formula is C12H14F2NO2P. The van der Waals surface area contributed by atoms with Gasteiger partial charge in [-0.2, -0.15) is 0 Å². The Bertz CT molecular complexity index is 444. The van der Waals surface area contributed by atoms with Crippen LogP contribution in [-0.2, 0) is 9.53 Å². The number of hydrogen-bond donors (Lipinski definition) is 1. The Hall–Kier alpha value is -0.900. The third kappa shape index (κ3) is 2.74. The van der Waals surface area contributed by atoms with Crippen molar-refractivity contribution in [2.45, 2.75) is 18.6 Å². The number of ether oxygens (including phenoxy) is 1. The van der Waals surface area contributed by atoms with E-state index in [0.717, 1.165) is 24.5 Å². The number of carbonyl (C=O) groups is 1. The van der Waals surface area contributed by atoms with Gasteiger partial charge in [-0.3, -0.25) is 5.09 Å². The van der Waals surface area contributed by atoms with Crippen LogP contribution in [0.3, 0.4) is 0 Å². The van der Waals surface area contributed by atoms with Gasteiger partial charge in [0.05, 0.1) is 6.61 Å². The fourth-order valence-corrected chi connectivity index (χ4v) is 2.46. The molecule has 1 N–H and O–H groups in total. The third-order valence-corrected chi connectivity index (χ3v) is 3.51. The second kappa shape index (κ2) is 5.83. The van der Waals surface area contributed by atoms with Crippen molar-refractivity contribution in [1.82, 2.24) is 5.09 Å². The van der Waals surface area contributed by atoms with Crippen LogP contribution in [0.5, 0.6) is 0 Å². The molecule has 2 rings (SSSR count). The molecule has 1 aromatic carbocycles. The quantitative estimate of drug-likeness (QED) is 0.676. The zero-order chi connectivity index (χ0) is 13.1. The Morgan fingerprint density at radius 2 is 2.22 bits per heavy atom. The molecule has 0 aromatic heterocycles. The minimum absolute atomic E-state index is 0.180. The van der Waals surface area contributed by atoms with E-state index in [2.05, 4.69) is 14.5 Å². The Kier molecular flexibility index (Phi) is 4.38. The van der Waals surface area contributed by atoms with E-state index in [0.29, 0.717) is 6.42 Å². The minimum Gasteiger partial charge on any atom is -0.371 e. The van der Waals surface area contributed by atoms with Gasteiger partial charge >= 0.3 is 0 Å². The zero-order valence-electron chi connectivity index (χ0n) is 9.61. The summed E-state index contributed by atoms with van der Waals surface area (Å²) >= 11 is 0. The van der Waals surface area contributed by atoms with Crippen LogP contribution >= 0.6 is 9.39 Å². The van der Waals surface area contributed by atoms with E-state index < -0.39 is 17.7 Å². The fraction of sp³-hybridized carbons (Fsp3) is 0.417. The van der Waals surface area contributed by atoms with E-state index in [1.807, 2.05) is 0 Å². The molecule has 0 spiro atoms. The summed E-state index contributed by atoms with van der Waals surface area (Å²) in [5, 5.41) is 2.91. The van der Waals surface area contributed by atoms with Gasteiger partial charge in [-0.05, 0) is 24.6 Å². The van der Waals surface area contributed by atoms with Crippen LogP contribution < -0.4 is 5.09 Å². The molecule has 18 heavy (non-hydrogen) atoms. The van der Waals surface area contributed by atoms with Crippen molar-refractivity contribution in [2.75, 3.05) is 6.61 Å². The predicted octanol–water partition coefficient (Wildman–Crippen LogP) is 1.99. The number of aldehydes is 1. The molecule has 3 nitrogen and oxygen atoms in total. The Morgan fingerprint density at radius 1 is 1.44 bits per heavy atom. The van der Waals surface area contributed by atoms with Gasteiger partial charge in [-0.1, -0.05) is 9.39 Å². The first kappa shape index (κ1) is 13.5. The molecule has 0 aliphatic carbocycles. The highest BCUT2D eigenvalue weighted by Gasteiger charge is 2.33. The topological polar surface area (TPSA) is 38.3 Å². The maximum absolute atomic E-state index is 13.7. The summed E-state index contributed by atoms with van der Waals surface area (Å²) in [6.07, 6.45) is 0.773. The van der Waals surface area contributed by atoms with E-state index >= 15 is 0 Å². The minimum atomic E-state index is -0.589. The molecule has 98 valence electrons. The van der Waals surface area contributed by atoms with Gasteiger partial charge in [0.25, 0.3) is 0 Å². The molecule has 0 amide bonds. The van der Waals surface area contributed by atoms with Gasteiger partial charge in [-0.15, -0.1) is 0 Å². The van der Waals surface area contributed by atoms with Gasteiger partial charge in [0.2, 0.25) is 0 Å². The van der Waals surface area contributed by atoms with E-state index in [-0.39, 0.29) is 24.1 Å². The molecule has 1 aliphatic rings. The monoisotopic (exact) mass is 273 g/mol. The van der Waals surface area contributed by atoms with Crippen LogP contribution in [0.4, 0.5) is 8.78 Å². The molecule has 0 radical (unpaired) electrons.